The van der Waals surface area contributed by atoms with Crippen molar-refractivity contribution >= 4 is 40.4 Å². The Hall–Kier alpha value is -3.22. The monoisotopic (exact) mass is 434 g/mol. The van der Waals surface area contributed by atoms with Crippen LogP contribution in [0.25, 0.3) is 11.1 Å². The third-order valence-electron chi connectivity index (χ3n) is 4.57. The Kier molecular flexibility index (Phi) is 6.37. The van der Waals surface area contributed by atoms with Gasteiger partial charge in [-0.15, -0.1) is 0 Å². The van der Waals surface area contributed by atoms with Gasteiger partial charge in [0.15, 0.2) is 0 Å². The number of halogens is 1. The maximum absolute atomic E-state index is 13.2. The van der Waals surface area contributed by atoms with Gasteiger partial charge in [0, 0.05) is 41.4 Å². The van der Waals surface area contributed by atoms with Crippen LogP contribution in [0.3, 0.4) is 0 Å². The second-order valence-corrected chi connectivity index (χ2v) is 7.80. The zero-order valence-electron chi connectivity index (χ0n) is 16.0. The fourth-order valence-electron chi connectivity index (χ4n) is 3.09. The van der Waals surface area contributed by atoms with Gasteiger partial charge in [-0.25, -0.2) is 4.98 Å². The first-order valence-electron chi connectivity index (χ1n) is 9.42. The molecule has 4 aromatic rings. The minimum absolute atomic E-state index is 0.224. The number of hydrogen-bond donors (Lipinski definition) is 2. The Balaban J connectivity index is 1.61. The number of nitrogens with zero attached hydrogens (tertiary/aromatic N) is 2. The molecule has 0 aliphatic carbocycles. The first kappa shape index (κ1) is 20.1. The van der Waals surface area contributed by atoms with Gasteiger partial charge in [0.1, 0.15) is 5.82 Å². The number of benzene rings is 1. The van der Waals surface area contributed by atoms with Crippen LogP contribution in [-0.2, 0) is 6.42 Å². The standard InChI is InChI=1S/C23H19ClN4OS/c24-18-1-3-19(4-2-18)28-23(29)21-20(17-9-14-30-15-17)8-13-27-22(21)26-12-7-16-5-10-25-11-6-16/h1-6,8-11,13-15H,7,12H2,(H,26,27)(H,28,29). The lowest BCUT2D eigenvalue weighted by molar-refractivity contribution is 0.102. The van der Waals surface area contributed by atoms with Crippen molar-refractivity contribution in [3.05, 3.63) is 94.0 Å². The van der Waals surface area contributed by atoms with Gasteiger partial charge in [0.05, 0.1) is 5.56 Å². The van der Waals surface area contributed by atoms with Crippen molar-refractivity contribution in [2.24, 2.45) is 0 Å². The van der Waals surface area contributed by atoms with E-state index in [9.17, 15) is 4.79 Å². The molecular weight excluding hydrogens is 416 g/mol. The molecule has 0 bridgehead atoms. The number of pyridine rings is 2. The van der Waals surface area contributed by atoms with Crippen molar-refractivity contribution in [3.8, 4) is 11.1 Å². The summed E-state index contributed by atoms with van der Waals surface area (Å²) in [6.07, 6.45) is 6.07. The third-order valence-corrected chi connectivity index (χ3v) is 5.50. The number of hydrogen-bond acceptors (Lipinski definition) is 5. The first-order chi connectivity index (χ1) is 14.7. The molecule has 0 unspecified atom stereocenters. The van der Waals surface area contributed by atoms with Crippen molar-refractivity contribution in [2.75, 3.05) is 17.2 Å². The average Bonchev–Trinajstić information content (AvgIpc) is 3.31. The number of carbonyl (C=O) groups is 1. The van der Waals surface area contributed by atoms with Crippen LogP contribution in [0.2, 0.25) is 5.02 Å². The molecule has 4 rings (SSSR count). The predicted molar refractivity (Wildman–Crippen MR) is 123 cm³/mol. The summed E-state index contributed by atoms with van der Waals surface area (Å²) in [7, 11) is 0. The van der Waals surface area contributed by atoms with Gasteiger partial charge in [-0.1, -0.05) is 11.6 Å². The number of rotatable bonds is 7. The molecule has 30 heavy (non-hydrogen) atoms. The second-order valence-electron chi connectivity index (χ2n) is 6.59. The highest BCUT2D eigenvalue weighted by atomic mass is 35.5. The molecular formula is C23H19ClN4OS. The SMILES string of the molecule is O=C(Nc1ccc(Cl)cc1)c1c(-c2ccsc2)ccnc1NCCc1ccncc1. The number of nitrogens with one attached hydrogen (secondary N) is 2. The minimum atomic E-state index is -0.224. The molecule has 5 nitrogen and oxygen atoms in total. The van der Waals surface area contributed by atoms with E-state index in [0.717, 1.165) is 17.5 Å². The summed E-state index contributed by atoms with van der Waals surface area (Å²) in [5.74, 6) is 0.331. The van der Waals surface area contributed by atoms with Crippen molar-refractivity contribution in [3.63, 3.8) is 0 Å². The molecule has 3 aromatic heterocycles. The first-order valence-corrected chi connectivity index (χ1v) is 10.7. The molecule has 1 amide bonds. The minimum Gasteiger partial charge on any atom is -0.369 e. The van der Waals surface area contributed by atoms with E-state index < -0.39 is 0 Å². The lowest BCUT2D eigenvalue weighted by Crippen LogP contribution is -2.18. The zero-order valence-corrected chi connectivity index (χ0v) is 17.6. The van der Waals surface area contributed by atoms with Crippen LogP contribution in [0, 0.1) is 0 Å². The molecule has 0 radical (unpaired) electrons. The number of amides is 1. The molecule has 3 heterocycles. The summed E-state index contributed by atoms with van der Waals surface area (Å²) in [6.45, 7) is 0.644. The predicted octanol–water partition coefficient (Wildman–Crippen LogP) is 5.77. The maximum Gasteiger partial charge on any atom is 0.260 e. The number of aromatic nitrogens is 2. The summed E-state index contributed by atoms with van der Waals surface area (Å²) >= 11 is 7.54. The highest BCUT2D eigenvalue weighted by Crippen LogP contribution is 2.30. The third kappa shape index (κ3) is 4.84. The van der Waals surface area contributed by atoms with Crippen molar-refractivity contribution in [1.29, 1.82) is 0 Å². The Bertz CT molecular complexity index is 1120. The Morgan fingerprint density at radius 1 is 1.00 bits per heavy atom. The van der Waals surface area contributed by atoms with Gasteiger partial charge >= 0.3 is 0 Å². The molecule has 0 aliphatic heterocycles. The molecule has 7 heteroatoms. The summed E-state index contributed by atoms with van der Waals surface area (Å²) in [6, 6.07) is 14.9. The van der Waals surface area contributed by atoms with Crippen LogP contribution in [0.4, 0.5) is 11.5 Å². The van der Waals surface area contributed by atoms with E-state index >= 15 is 0 Å². The fourth-order valence-corrected chi connectivity index (χ4v) is 3.87. The molecule has 2 N–H and O–H groups in total. The fraction of sp³-hybridized carbons (Fsp3) is 0.0870. The van der Waals surface area contributed by atoms with Gasteiger partial charge in [0.2, 0.25) is 0 Å². The van der Waals surface area contributed by atoms with Crippen LogP contribution in [-0.4, -0.2) is 22.4 Å². The molecule has 0 fully saturated rings. The molecule has 0 saturated heterocycles. The van der Waals surface area contributed by atoms with E-state index in [0.29, 0.717) is 28.6 Å². The molecule has 0 atom stereocenters. The van der Waals surface area contributed by atoms with Gasteiger partial charge in [-0.05, 0) is 76.8 Å². The highest BCUT2D eigenvalue weighted by molar-refractivity contribution is 7.08. The van der Waals surface area contributed by atoms with E-state index in [4.69, 9.17) is 11.6 Å². The molecule has 150 valence electrons. The van der Waals surface area contributed by atoms with Crippen molar-refractivity contribution < 1.29 is 4.79 Å². The van der Waals surface area contributed by atoms with Crippen LogP contribution < -0.4 is 10.6 Å². The van der Waals surface area contributed by atoms with E-state index in [1.165, 1.54) is 5.56 Å². The number of thiophene rings is 1. The Labute approximate surface area is 183 Å². The highest BCUT2D eigenvalue weighted by Gasteiger charge is 2.19. The Morgan fingerprint density at radius 3 is 2.53 bits per heavy atom. The van der Waals surface area contributed by atoms with Crippen LogP contribution in [0.15, 0.2) is 77.9 Å². The summed E-state index contributed by atoms with van der Waals surface area (Å²) in [5, 5.41) is 10.9. The normalized spacial score (nSPS) is 10.6. The quantitative estimate of drug-likeness (QED) is 0.387. The summed E-state index contributed by atoms with van der Waals surface area (Å²) in [4.78, 5) is 21.7. The van der Waals surface area contributed by atoms with E-state index in [-0.39, 0.29) is 5.91 Å². The van der Waals surface area contributed by atoms with Gasteiger partial charge in [-0.3, -0.25) is 9.78 Å². The van der Waals surface area contributed by atoms with Crippen molar-refractivity contribution in [1.82, 2.24) is 9.97 Å². The number of carbonyl (C=O) groups excluding carboxylic acids is 1. The van der Waals surface area contributed by atoms with Crippen LogP contribution >= 0.6 is 22.9 Å². The lowest BCUT2D eigenvalue weighted by Gasteiger charge is -2.15. The molecule has 1 aromatic carbocycles. The Morgan fingerprint density at radius 2 is 1.80 bits per heavy atom. The van der Waals surface area contributed by atoms with Crippen molar-refractivity contribution in [2.45, 2.75) is 6.42 Å². The lowest BCUT2D eigenvalue weighted by atomic mass is 10.0. The van der Waals surface area contributed by atoms with Gasteiger partial charge in [0.25, 0.3) is 5.91 Å². The molecule has 0 saturated carbocycles. The van der Waals surface area contributed by atoms with Gasteiger partial charge < -0.3 is 10.6 Å². The molecule has 0 spiro atoms. The maximum atomic E-state index is 13.2. The molecule has 0 aliphatic rings. The number of anilines is 2. The van der Waals surface area contributed by atoms with E-state index in [1.54, 1.807) is 54.2 Å². The largest absolute Gasteiger partial charge is 0.369 e. The van der Waals surface area contributed by atoms with E-state index in [1.807, 2.05) is 35.0 Å². The summed E-state index contributed by atoms with van der Waals surface area (Å²) < 4.78 is 0. The summed E-state index contributed by atoms with van der Waals surface area (Å²) in [5.41, 5.74) is 4.18. The van der Waals surface area contributed by atoms with E-state index in [2.05, 4.69) is 20.6 Å². The topological polar surface area (TPSA) is 66.9 Å². The zero-order chi connectivity index (χ0) is 20.8. The smallest absolute Gasteiger partial charge is 0.260 e. The van der Waals surface area contributed by atoms with Gasteiger partial charge in [-0.2, -0.15) is 11.3 Å². The second kappa shape index (κ2) is 9.52. The van der Waals surface area contributed by atoms with Crippen LogP contribution in [0.1, 0.15) is 15.9 Å². The average molecular weight is 435 g/mol. The van der Waals surface area contributed by atoms with Crippen LogP contribution in [0.5, 0.6) is 0 Å².